The molecule has 0 aromatic rings. The predicted molar refractivity (Wildman–Crippen MR) is 88.4 cm³/mol. The zero-order chi connectivity index (χ0) is 17.0. The van der Waals surface area contributed by atoms with Crippen molar-refractivity contribution in [3.8, 4) is 0 Å². The summed E-state index contributed by atoms with van der Waals surface area (Å²) in [7, 11) is 0. The van der Waals surface area contributed by atoms with Crippen molar-refractivity contribution < 1.29 is 19.1 Å². The SMILES string of the molecule is C=C(C)C(=O)OCCCCCC(CC)CCOC(=O)C(=C)C. The Morgan fingerprint density at radius 3 is 1.91 bits per heavy atom. The highest BCUT2D eigenvalue weighted by Gasteiger charge is 2.09. The lowest BCUT2D eigenvalue weighted by atomic mass is 9.96. The van der Waals surface area contributed by atoms with Crippen LogP contribution in [-0.2, 0) is 19.1 Å². The maximum atomic E-state index is 11.3. The molecule has 126 valence electrons. The minimum atomic E-state index is -0.314. The van der Waals surface area contributed by atoms with E-state index in [0.29, 0.717) is 30.3 Å². The number of hydrogen-bond acceptors (Lipinski definition) is 4. The number of carbonyl (C=O) groups is 2. The fourth-order valence-corrected chi connectivity index (χ4v) is 1.99. The minimum absolute atomic E-state index is 0.311. The van der Waals surface area contributed by atoms with E-state index in [1.807, 2.05) is 0 Å². The molecule has 0 aliphatic carbocycles. The molecule has 0 radical (unpaired) electrons. The van der Waals surface area contributed by atoms with Crippen LogP contribution < -0.4 is 0 Å². The molecule has 0 aliphatic rings. The molecule has 4 nitrogen and oxygen atoms in total. The molecule has 4 heteroatoms. The molecule has 0 N–H and O–H groups in total. The molecule has 0 bridgehead atoms. The van der Waals surface area contributed by atoms with Crippen molar-refractivity contribution >= 4 is 11.9 Å². The molecule has 1 atom stereocenters. The van der Waals surface area contributed by atoms with E-state index in [9.17, 15) is 9.59 Å². The minimum Gasteiger partial charge on any atom is -0.462 e. The molecule has 0 saturated carbocycles. The Bertz CT molecular complexity index is 385. The summed E-state index contributed by atoms with van der Waals surface area (Å²) in [6.45, 7) is 13.5. The summed E-state index contributed by atoms with van der Waals surface area (Å²) in [6, 6.07) is 0. The van der Waals surface area contributed by atoms with E-state index >= 15 is 0 Å². The Morgan fingerprint density at radius 1 is 0.864 bits per heavy atom. The van der Waals surface area contributed by atoms with Crippen LogP contribution in [0, 0.1) is 5.92 Å². The van der Waals surface area contributed by atoms with Gasteiger partial charge in [0.15, 0.2) is 0 Å². The highest BCUT2D eigenvalue weighted by atomic mass is 16.5. The number of ether oxygens (including phenoxy) is 2. The van der Waals surface area contributed by atoms with Gasteiger partial charge in [0, 0.05) is 11.1 Å². The van der Waals surface area contributed by atoms with Gasteiger partial charge in [0.25, 0.3) is 0 Å². The molecule has 0 saturated heterocycles. The zero-order valence-electron chi connectivity index (χ0n) is 14.3. The summed E-state index contributed by atoms with van der Waals surface area (Å²) in [4.78, 5) is 22.5. The van der Waals surface area contributed by atoms with Crippen LogP contribution >= 0.6 is 0 Å². The second-order valence-electron chi connectivity index (χ2n) is 5.74. The third-order valence-corrected chi connectivity index (χ3v) is 3.52. The third kappa shape index (κ3) is 10.2. The fourth-order valence-electron chi connectivity index (χ4n) is 1.99. The second kappa shape index (κ2) is 12.0. The lowest BCUT2D eigenvalue weighted by molar-refractivity contribution is -0.140. The van der Waals surface area contributed by atoms with Crippen LogP contribution in [0.2, 0.25) is 0 Å². The van der Waals surface area contributed by atoms with Gasteiger partial charge in [-0.1, -0.05) is 45.8 Å². The molecule has 0 aromatic heterocycles. The van der Waals surface area contributed by atoms with Crippen LogP contribution in [0.1, 0.15) is 59.3 Å². The van der Waals surface area contributed by atoms with Crippen molar-refractivity contribution in [2.75, 3.05) is 13.2 Å². The number of hydrogen-bond donors (Lipinski definition) is 0. The van der Waals surface area contributed by atoms with Gasteiger partial charge in [-0.3, -0.25) is 0 Å². The quantitative estimate of drug-likeness (QED) is 0.308. The van der Waals surface area contributed by atoms with E-state index in [1.54, 1.807) is 13.8 Å². The lowest BCUT2D eigenvalue weighted by Gasteiger charge is -2.14. The van der Waals surface area contributed by atoms with Crippen LogP contribution in [0.5, 0.6) is 0 Å². The van der Waals surface area contributed by atoms with Gasteiger partial charge >= 0.3 is 11.9 Å². The summed E-state index contributed by atoms with van der Waals surface area (Å²) in [5, 5.41) is 0. The molecular formula is C18H30O4. The molecule has 0 fully saturated rings. The third-order valence-electron chi connectivity index (χ3n) is 3.52. The monoisotopic (exact) mass is 310 g/mol. The number of esters is 2. The summed E-state index contributed by atoms with van der Waals surface area (Å²) in [5.74, 6) is -0.0594. The van der Waals surface area contributed by atoms with Crippen LogP contribution in [0.4, 0.5) is 0 Å². The number of rotatable bonds is 12. The predicted octanol–water partition coefficient (Wildman–Crippen LogP) is 4.20. The average Bonchev–Trinajstić information content (AvgIpc) is 2.47. The Balaban J connectivity index is 3.65. The van der Waals surface area contributed by atoms with Crippen molar-refractivity contribution in [3.63, 3.8) is 0 Å². The van der Waals surface area contributed by atoms with E-state index in [2.05, 4.69) is 20.1 Å². The van der Waals surface area contributed by atoms with Gasteiger partial charge in [0.1, 0.15) is 0 Å². The maximum absolute atomic E-state index is 11.3. The highest BCUT2D eigenvalue weighted by molar-refractivity contribution is 5.87. The largest absolute Gasteiger partial charge is 0.462 e. The van der Waals surface area contributed by atoms with Gasteiger partial charge in [0.05, 0.1) is 13.2 Å². The Morgan fingerprint density at radius 2 is 1.41 bits per heavy atom. The van der Waals surface area contributed by atoms with Gasteiger partial charge in [-0.2, -0.15) is 0 Å². The van der Waals surface area contributed by atoms with Crippen molar-refractivity contribution in [1.82, 2.24) is 0 Å². The molecule has 0 aromatic carbocycles. The van der Waals surface area contributed by atoms with Crippen molar-refractivity contribution in [2.24, 2.45) is 5.92 Å². The normalized spacial score (nSPS) is 11.6. The van der Waals surface area contributed by atoms with Gasteiger partial charge in [-0.05, 0) is 32.6 Å². The zero-order valence-corrected chi connectivity index (χ0v) is 14.3. The van der Waals surface area contributed by atoms with Crippen molar-refractivity contribution in [3.05, 3.63) is 24.3 Å². The molecule has 0 rings (SSSR count). The summed E-state index contributed by atoms with van der Waals surface area (Å²) in [5.41, 5.74) is 0.882. The second-order valence-corrected chi connectivity index (χ2v) is 5.74. The molecular weight excluding hydrogens is 280 g/mol. The van der Waals surface area contributed by atoms with Gasteiger partial charge in [-0.15, -0.1) is 0 Å². The van der Waals surface area contributed by atoms with Gasteiger partial charge < -0.3 is 9.47 Å². The van der Waals surface area contributed by atoms with Crippen LogP contribution in [0.15, 0.2) is 24.3 Å². The van der Waals surface area contributed by atoms with E-state index < -0.39 is 0 Å². The topological polar surface area (TPSA) is 52.6 Å². The van der Waals surface area contributed by atoms with Crippen LogP contribution in [0.3, 0.4) is 0 Å². The number of unbranched alkanes of at least 4 members (excludes halogenated alkanes) is 2. The molecule has 0 aliphatic heterocycles. The number of carbonyl (C=O) groups excluding carboxylic acids is 2. The standard InChI is InChI=1S/C18H30O4/c1-6-16(11-13-22-18(20)15(4)5)10-8-7-9-12-21-17(19)14(2)3/h16H,2,4,6-13H2,1,3,5H3. The Hall–Kier alpha value is -1.58. The van der Waals surface area contributed by atoms with Gasteiger partial charge in [-0.25, -0.2) is 9.59 Å². The first-order valence-corrected chi connectivity index (χ1v) is 8.03. The Kier molecular flexibility index (Phi) is 11.2. The molecule has 1 unspecified atom stereocenters. The highest BCUT2D eigenvalue weighted by Crippen LogP contribution is 2.17. The molecule has 0 amide bonds. The maximum Gasteiger partial charge on any atom is 0.333 e. The lowest BCUT2D eigenvalue weighted by Crippen LogP contribution is -2.10. The van der Waals surface area contributed by atoms with E-state index in [1.165, 1.54) is 0 Å². The molecule has 0 heterocycles. The summed E-state index contributed by atoms with van der Waals surface area (Å²) < 4.78 is 10.2. The van der Waals surface area contributed by atoms with Gasteiger partial charge in [0.2, 0.25) is 0 Å². The molecule has 22 heavy (non-hydrogen) atoms. The van der Waals surface area contributed by atoms with Crippen LogP contribution in [-0.4, -0.2) is 25.2 Å². The first kappa shape index (κ1) is 20.4. The smallest absolute Gasteiger partial charge is 0.333 e. The fraction of sp³-hybridized carbons (Fsp3) is 0.667. The molecule has 0 spiro atoms. The Labute approximate surface area is 134 Å². The summed E-state index contributed by atoms with van der Waals surface area (Å²) >= 11 is 0. The van der Waals surface area contributed by atoms with Crippen LogP contribution in [0.25, 0.3) is 0 Å². The summed E-state index contributed by atoms with van der Waals surface area (Å²) in [6.07, 6.45) is 6.08. The average molecular weight is 310 g/mol. The van der Waals surface area contributed by atoms with Crippen molar-refractivity contribution in [1.29, 1.82) is 0 Å². The van der Waals surface area contributed by atoms with E-state index in [0.717, 1.165) is 38.5 Å². The van der Waals surface area contributed by atoms with E-state index in [-0.39, 0.29) is 11.9 Å². The van der Waals surface area contributed by atoms with E-state index in [4.69, 9.17) is 9.47 Å². The first-order chi connectivity index (χ1) is 10.4. The first-order valence-electron chi connectivity index (χ1n) is 8.03. The van der Waals surface area contributed by atoms with Crippen molar-refractivity contribution in [2.45, 2.75) is 59.3 Å².